The maximum Gasteiger partial charge on any atom is 0.399 e. The van der Waals surface area contributed by atoms with E-state index in [9.17, 15) is 13.3 Å². The van der Waals surface area contributed by atoms with Gasteiger partial charge in [0.15, 0.2) is 5.82 Å². The second kappa shape index (κ2) is 9.48. The summed E-state index contributed by atoms with van der Waals surface area (Å²) in [6.07, 6.45) is 0. The van der Waals surface area contributed by atoms with E-state index >= 15 is 0 Å². The van der Waals surface area contributed by atoms with E-state index in [0.717, 1.165) is 17.3 Å². The summed E-state index contributed by atoms with van der Waals surface area (Å²) in [5, 5.41) is 5.12. The normalized spacial score (nSPS) is 12.2. The summed E-state index contributed by atoms with van der Waals surface area (Å²) < 4.78 is 40.9. The lowest BCUT2D eigenvalue weighted by Crippen LogP contribution is -2.14. The average molecular weight is 552 g/mol. The Balaban J connectivity index is 1.60. The number of nitrogens with zero attached hydrogens (tertiary/aromatic N) is 3. The van der Waals surface area contributed by atoms with Crippen LogP contribution in [0, 0.1) is 0 Å². The van der Waals surface area contributed by atoms with Crippen LogP contribution in [0.3, 0.4) is 0 Å². The maximum atomic E-state index is 14.1. The summed E-state index contributed by atoms with van der Waals surface area (Å²) >= 11 is 4.33. The Morgan fingerprint density at radius 3 is 2.24 bits per heavy atom. The van der Waals surface area contributed by atoms with Crippen molar-refractivity contribution in [3.63, 3.8) is 0 Å². The summed E-state index contributed by atoms with van der Waals surface area (Å²) in [4.78, 5) is 22.6. The first-order chi connectivity index (χ1) is 15.7. The number of benzene rings is 3. The fourth-order valence-corrected chi connectivity index (χ4v) is 5.18. The lowest BCUT2D eigenvalue weighted by molar-refractivity contribution is 0.0557. The first-order valence-corrected chi connectivity index (χ1v) is 13.0. The number of aromatic nitrogens is 3. The number of halogens is 3. The molecule has 0 aliphatic carbocycles. The molecule has 0 saturated carbocycles. The van der Waals surface area contributed by atoms with Crippen molar-refractivity contribution in [2.24, 2.45) is 0 Å². The molecule has 1 aromatic heterocycles. The highest BCUT2D eigenvalue weighted by Gasteiger charge is 2.51. The second-order valence-electron chi connectivity index (χ2n) is 7.02. The molecule has 170 valence electrons. The summed E-state index contributed by atoms with van der Waals surface area (Å²) in [6, 6.07) is 23.0. The molecule has 0 unspecified atom stereocenters. The predicted molar refractivity (Wildman–Crippen MR) is 126 cm³/mol. The monoisotopic (exact) mass is 551 g/mol. The SMILES string of the molecule is O=P(O)(O)C(F)(F)c1ccc(CSc2nc(-c3ccccc3)n(-c3ccccc3)n2)cc1Br. The molecule has 0 saturated heterocycles. The Labute approximate surface area is 201 Å². The van der Waals surface area contributed by atoms with Crippen LogP contribution < -0.4 is 0 Å². The van der Waals surface area contributed by atoms with Crippen molar-refractivity contribution < 1.29 is 23.1 Å². The molecule has 0 aliphatic rings. The Hall–Kier alpha value is -2.36. The van der Waals surface area contributed by atoms with E-state index < -0.39 is 18.8 Å². The molecular weight excluding hydrogens is 535 g/mol. The van der Waals surface area contributed by atoms with Gasteiger partial charge in [-0.15, -0.1) is 5.10 Å². The van der Waals surface area contributed by atoms with Crippen LogP contribution in [0.2, 0.25) is 0 Å². The Morgan fingerprint density at radius 2 is 1.64 bits per heavy atom. The third-order valence-electron chi connectivity index (χ3n) is 4.71. The van der Waals surface area contributed by atoms with Crippen LogP contribution >= 0.6 is 35.3 Å². The smallest absolute Gasteiger partial charge is 0.320 e. The standard InChI is InChI=1S/C22H17BrF2N3O3PS/c23-19-13-15(11-12-18(19)22(24,25)32(29,30)31)14-33-21-26-20(16-7-3-1-4-8-16)28(27-21)17-9-5-2-6-10-17/h1-13H,14H2,(H2,29,30,31). The number of alkyl halides is 2. The van der Waals surface area contributed by atoms with E-state index in [1.165, 1.54) is 23.9 Å². The Kier molecular flexibility index (Phi) is 6.83. The predicted octanol–water partition coefficient (Wildman–Crippen LogP) is 6.22. The highest BCUT2D eigenvalue weighted by molar-refractivity contribution is 9.10. The van der Waals surface area contributed by atoms with Gasteiger partial charge in [0.05, 0.1) is 5.69 Å². The Bertz CT molecular complexity index is 1260. The fourth-order valence-electron chi connectivity index (χ4n) is 3.07. The molecule has 1 heterocycles. The van der Waals surface area contributed by atoms with E-state index in [0.29, 0.717) is 22.3 Å². The molecule has 0 atom stereocenters. The van der Waals surface area contributed by atoms with E-state index in [-0.39, 0.29) is 4.47 Å². The number of hydrogen-bond donors (Lipinski definition) is 2. The van der Waals surface area contributed by atoms with E-state index in [2.05, 4.69) is 26.0 Å². The Morgan fingerprint density at radius 1 is 1.00 bits per heavy atom. The highest BCUT2D eigenvalue weighted by Crippen LogP contribution is 2.60. The molecule has 0 amide bonds. The number of hydrogen-bond acceptors (Lipinski definition) is 4. The zero-order chi connectivity index (χ0) is 23.6. The zero-order valence-electron chi connectivity index (χ0n) is 16.8. The lowest BCUT2D eigenvalue weighted by atomic mass is 10.1. The molecule has 3 aromatic carbocycles. The van der Waals surface area contributed by atoms with Crippen LogP contribution in [0.5, 0.6) is 0 Å². The molecule has 11 heteroatoms. The van der Waals surface area contributed by atoms with E-state index in [1.807, 2.05) is 60.7 Å². The summed E-state index contributed by atoms with van der Waals surface area (Å²) in [5.74, 6) is 1.04. The topological polar surface area (TPSA) is 88.2 Å². The van der Waals surface area contributed by atoms with E-state index in [1.54, 1.807) is 4.68 Å². The molecule has 0 fully saturated rings. The summed E-state index contributed by atoms with van der Waals surface area (Å²) in [6.45, 7) is 0. The van der Waals surface area contributed by atoms with Gasteiger partial charge in [0, 0.05) is 21.4 Å². The first kappa shape index (κ1) is 23.8. The van der Waals surface area contributed by atoms with Gasteiger partial charge in [-0.3, -0.25) is 4.57 Å². The molecule has 33 heavy (non-hydrogen) atoms. The third kappa shape index (κ3) is 5.10. The van der Waals surface area contributed by atoms with Gasteiger partial charge in [-0.2, -0.15) is 8.78 Å². The van der Waals surface area contributed by atoms with Crippen LogP contribution in [0.25, 0.3) is 17.1 Å². The quantitative estimate of drug-likeness (QED) is 0.209. The van der Waals surface area contributed by atoms with Gasteiger partial charge >= 0.3 is 13.3 Å². The number of para-hydroxylation sites is 1. The van der Waals surface area contributed by atoms with Crippen LogP contribution in [0.4, 0.5) is 8.78 Å². The lowest BCUT2D eigenvalue weighted by Gasteiger charge is -2.19. The van der Waals surface area contributed by atoms with Crippen LogP contribution in [0.1, 0.15) is 11.1 Å². The van der Waals surface area contributed by atoms with Crippen molar-refractivity contribution in [3.8, 4) is 17.1 Å². The van der Waals surface area contributed by atoms with Gasteiger partial charge in [0.2, 0.25) is 5.16 Å². The van der Waals surface area contributed by atoms with E-state index in [4.69, 9.17) is 9.79 Å². The van der Waals surface area contributed by atoms with Crippen molar-refractivity contribution in [1.29, 1.82) is 0 Å². The summed E-state index contributed by atoms with van der Waals surface area (Å²) in [5.41, 5.74) is -2.63. The molecule has 0 bridgehead atoms. The van der Waals surface area contributed by atoms with Crippen LogP contribution in [-0.2, 0) is 16.0 Å². The van der Waals surface area contributed by atoms with Gasteiger partial charge < -0.3 is 9.79 Å². The minimum Gasteiger partial charge on any atom is -0.320 e. The molecule has 0 spiro atoms. The molecule has 2 N–H and O–H groups in total. The van der Waals surface area contributed by atoms with Crippen molar-refractivity contribution in [1.82, 2.24) is 14.8 Å². The van der Waals surface area contributed by atoms with Gasteiger partial charge in [-0.05, 0) is 23.8 Å². The number of rotatable bonds is 7. The maximum absolute atomic E-state index is 14.1. The van der Waals surface area contributed by atoms with Crippen LogP contribution in [-0.4, -0.2) is 24.6 Å². The largest absolute Gasteiger partial charge is 0.399 e. The molecule has 4 aromatic rings. The minimum absolute atomic E-state index is 0.0818. The molecular formula is C22H17BrF2N3O3PS. The third-order valence-corrected chi connectivity index (χ3v) is 7.25. The van der Waals surface area contributed by atoms with Crippen LogP contribution in [0.15, 0.2) is 88.5 Å². The highest BCUT2D eigenvalue weighted by atomic mass is 79.9. The molecule has 0 aliphatic heterocycles. The zero-order valence-corrected chi connectivity index (χ0v) is 20.1. The number of thioether (sulfide) groups is 1. The van der Waals surface area contributed by atoms with Crippen molar-refractivity contribution in [3.05, 3.63) is 94.5 Å². The fraction of sp³-hybridized carbons (Fsp3) is 0.0909. The van der Waals surface area contributed by atoms with Gasteiger partial charge in [-0.25, -0.2) is 9.67 Å². The average Bonchev–Trinajstić information content (AvgIpc) is 3.22. The van der Waals surface area contributed by atoms with Crippen molar-refractivity contribution >= 4 is 35.3 Å². The molecule has 0 radical (unpaired) electrons. The summed E-state index contributed by atoms with van der Waals surface area (Å²) in [7, 11) is -5.65. The first-order valence-electron chi connectivity index (χ1n) is 9.60. The minimum atomic E-state index is -5.65. The van der Waals surface area contributed by atoms with Gasteiger partial charge in [-0.1, -0.05) is 88.4 Å². The van der Waals surface area contributed by atoms with Gasteiger partial charge in [0.25, 0.3) is 0 Å². The van der Waals surface area contributed by atoms with Crippen molar-refractivity contribution in [2.75, 3.05) is 0 Å². The van der Waals surface area contributed by atoms with Gasteiger partial charge in [0.1, 0.15) is 0 Å². The molecule has 6 nitrogen and oxygen atoms in total. The molecule has 4 rings (SSSR count). The van der Waals surface area contributed by atoms with Crippen molar-refractivity contribution in [2.45, 2.75) is 16.6 Å². The second-order valence-corrected chi connectivity index (χ2v) is 10.5.